The van der Waals surface area contributed by atoms with Crippen LogP contribution in [0.1, 0.15) is 31.5 Å². The van der Waals surface area contributed by atoms with Crippen LogP contribution in [0.4, 0.5) is 5.82 Å². The zero-order chi connectivity index (χ0) is 11.5. The number of aryl methyl sites for hydroxylation is 1. The van der Waals surface area contributed by atoms with Gasteiger partial charge in [0, 0.05) is 13.2 Å². The smallest absolute Gasteiger partial charge is 0.132 e. The van der Waals surface area contributed by atoms with Crippen molar-refractivity contribution in [3.63, 3.8) is 0 Å². The van der Waals surface area contributed by atoms with Crippen LogP contribution in [0.25, 0.3) is 0 Å². The van der Waals surface area contributed by atoms with Gasteiger partial charge in [0.25, 0.3) is 0 Å². The summed E-state index contributed by atoms with van der Waals surface area (Å²) in [5.41, 5.74) is 0. The normalized spacial score (nSPS) is 25.4. The van der Waals surface area contributed by atoms with Crippen LogP contribution in [0, 0.1) is 6.92 Å². The van der Waals surface area contributed by atoms with E-state index < -0.39 is 0 Å². The number of rotatable bonds is 2. The predicted octanol–water partition coefficient (Wildman–Crippen LogP) is 1.52. The topological polar surface area (TPSA) is 49.2 Å². The lowest BCUT2D eigenvalue weighted by Gasteiger charge is -2.35. The van der Waals surface area contributed by atoms with Gasteiger partial charge in [-0.3, -0.25) is 0 Å². The first-order valence-corrected chi connectivity index (χ1v) is 5.89. The second-order valence-corrected chi connectivity index (χ2v) is 4.49. The van der Waals surface area contributed by atoms with Gasteiger partial charge in [-0.2, -0.15) is 0 Å². The number of nitrogens with zero attached hydrogens (tertiary/aromatic N) is 3. The van der Waals surface area contributed by atoms with E-state index in [0.717, 1.165) is 30.9 Å². The zero-order valence-electron chi connectivity index (χ0n) is 9.93. The molecule has 2 rings (SSSR count). The molecule has 0 radical (unpaired) electrons. The molecule has 0 aliphatic heterocycles. The van der Waals surface area contributed by atoms with E-state index in [1.165, 1.54) is 6.42 Å². The lowest BCUT2D eigenvalue weighted by molar-refractivity contribution is 0.106. The van der Waals surface area contributed by atoms with E-state index >= 15 is 0 Å². The average Bonchev–Trinajstić information content (AvgIpc) is 2.29. The monoisotopic (exact) mass is 221 g/mol. The van der Waals surface area contributed by atoms with E-state index in [-0.39, 0.29) is 12.1 Å². The van der Waals surface area contributed by atoms with Crippen molar-refractivity contribution >= 4 is 5.82 Å². The maximum absolute atomic E-state index is 9.98. The lowest BCUT2D eigenvalue weighted by Crippen LogP contribution is -2.43. The second-order valence-electron chi connectivity index (χ2n) is 4.49. The molecule has 88 valence electrons. The average molecular weight is 221 g/mol. The van der Waals surface area contributed by atoms with E-state index in [4.69, 9.17) is 0 Å². The number of aromatic nitrogens is 2. The Labute approximate surface area is 96.3 Å². The third kappa shape index (κ3) is 2.32. The molecule has 0 spiro atoms. The van der Waals surface area contributed by atoms with Gasteiger partial charge < -0.3 is 10.0 Å². The lowest BCUT2D eigenvalue weighted by atomic mass is 9.91. The predicted molar refractivity (Wildman–Crippen MR) is 63.4 cm³/mol. The van der Waals surface area contributed by atoms with E-state index in [1.54, 1.807) is 6.20 Å². The van der Waals surface area contributed by atoms with Crippen LogP contribution < -0.4 is 4.90 Å². The van der Waals surface area contributed by atoms with E-state index in [0.29, 0.717) is 0 Å². The van der Waals surface area contributed by atoms with Crippen molar-refractivity contribution in [3.05, 3.63) is 18.1 Å². The maximum atomic E-state index is 9.98. The summed E-state index contributed by atoms with van der Waals surface area (Å²) in [6, 6.07) is 2.09. The Bertz CT molecular complexity index is 356. The van der Waals surface area contributed by atoms with Crippen molar-refractivity contribution in [2.45, 2.75) is 44.8 Å². The molecule has 1 saturated carbocycles. The van der Waals surface area contributed by atoms with E-state index in [9.17, 15) is 5.11 Å². The molecule has 2 unspecified atom stereocenters. The van der Waals surface area contributed by atoms with Gasteiger partial charge in [0.15, 0.2) is 0 Å². The Morgan fingerprint density at radius 1 is 1.38 bits per heavy atom. The van der Waals surface area contributed by atoms with Crippen molar-refractivity contribution in [1.29, 1.82) is 0 Å². The highest BCUT2D eigenvalue weighted by atomic mass is 16.3. The summed E-state index contributed by atoms with van der Waals surface area (Å²) in [7, 11) is 2.00. The summed E-state index contributed by atoms with van der Waals surface area (Å²) in [6.45, 7) is 1.88. The van der Waals surface area contributed by atoms with Crippen molar-refractivity contribution in [3.8, 4) is 0 Å². The Morgan fingerprint density at radius 2 is 2.12 bits per heavy atom. The number of hydrogen-bond acceptors (Lipinski definition) is 4. The molecule has 1 aliphatic rings. The van der Waals surface area contributed by atoms with Crippen LogP contribution in [0.15, 0.2) is 12.3 Å². The molecule has 2 atom stereocenters. The van der Waals surface area contributed by atoms with Gasteiger partial charge in [0.05, 0.1) is 12.1 Å². The van der Waals surface area contributed by atoms with Crippen LogP contribution in [-0.4, -0.2) is 34.3 Å². The molecule has 1 aromatic heterocycles. The molecule has 4 nitrogen and oxygen atoms in total. The minimum atomic E-state index is -0.228. The van der Waals surface area contributed by atoms with Crippen molar-refractivity contribution < 1.29 is 5.11 Å². The Kier molecular flexibility index (Phi) is 3.39. The fourth-order valence-electron chi connectivity index (χ4n) is 2.35. The highest BCUT2D eigenvalue weighted by Crippen LogP contribution is 2.25. The van der Waals surface area contributed by atoms with Gasteiger partial charge in [-0.1, -0.05) is 12.8 Å². The Hall–Kier alpha value is -1.16. The van der Waals surface area contributed by atoms with Gasteiger partial charge in [0.1, 0.15) is 11.6 Å². The molecule has 1 N–H and O–H groups in total. The first-order chi connectivity index (χ1) is 7.68. The van der Waals surface area contributed by atoms with Gasteiger partial charge in [-0.25, -0.2) is 9.97 Å². The third-order valence-electron chi connectivity index (χ3n) is 3.31. The molecule has 0 amide bonds. The van der Waals surface area contributed by atoms with Gasteiger partial charge in [-0.05, 0) is 25.8 Å². The quantitative estimate of drug-likeness (QED) is 0.822. The molecule has 0 aromatic carbocycles. The standard InChI is InChI=1S/C12H19N3O/c1-9-13-8-7-12(14-9)15(2)10-5-3-4-6-11(10)16/h7-8,10-11,16H,3-6H2,1-2H3. The second kappa shape index (κ2) is 4.78. The summed E-state index contributed by atoms with van der Waals surface area (Å²) in [5.74, 6) is 1.67. The SMILES string of the molecule is Cc1nccc(N(C)C2CCCCC2O)n1. The molecule has 1 aliphatic carbocycles. The molecule has 0 bridgehead atoms. The molecule has 0 saturated heterocycles. The molecular formula is C12H19N3O. The molecular weight excluding hydrogens is 202 g/mol. The fourth-order valence-corrected chi connectivity index (χ4v) is 2.35. The van der Waals surface area contributed by atoms with E-state index in [1.807, 2.05) is 20.0 Å². The van der Waals surface area contributed by atoms with Gasteiger partial charge in [-0.15, -0.1) is 0 Å². The van der Waals surface area contributed by atoms with Gasteiger partial charge >= 0.3 is 0 Å². The van der Waals surface area contributed by atoms with Crippen LogP contribution in [0.2, 0.25) is 0 Å². The first kappa shape index (κ1) is 11.3. The third-order valence-corrected chi connectivity index (χ3v) is 3.31. The number of anilines is 1. The van der Waals surface area contributed by atoms with Crippen molar-refractivity contribution in [1.82, 2.24) is 9.97 Å². The molecule has 1 fully saturated rings. The summed E-state index contributed by atoms with van der Waals surface area (Å²) in [4.78, 5) is 10.6. The largest absolute Gasteiger partial charge is 0.391 e. The number of hydrogen-bond donors (Lipinski definition) is 1. The van der Waals surface area contributed by atoms with Crippen molar-refractivity contribution in [2.24, 2.45) is 0 Å². The first-order valence-electron chi connectivity index (χ1n) is 5.89. The molecule has 1 heterocycles. The van der Waals surface area contributed by atoms with Crippen molar-refractivity contribution in [2.75, 3.05) is 11.9 Å². The maximum Gasteiger partial charge on any atom is 0.132 e. The highest BCUT2D eigenvalue weighted by Gasteiger charge is 2.27. The Morgan fingerprint density at radius 3 is 2.81 bits per heavy atom. The van der Waals surface area contributed by atoms with Crippen LogP contribution in [0.5, 0.6) is 0 Å². The number of aliphatic hydroxyl groups excluding tert-OH is 1. The van der Waals surface area contributed by atoms with Gasteiger partial charge in [0.2, 0.25) is 0 Å². The summed E-state index contributed by atoms with van der Waals surface area (Å²) in [6.07, 6.45) is 5.81. The summed E-state index contributed by atoms with van der Waals surface area (Å²) >= 11 is 0. The molecule has 4 heteroatoms. The minimum Gasteiger partial charge on any atom is -0.391 e. The number of aliphatic hydroxyl groups is 1. The molecule has 16 heavy (non-hydrogen) atoms. The number of likely N-dealkylation sites (N-methyl/N-ethyl adjacent to an activating group) is 1. The molecule has 1 aromatic rings. The van der Waals surface area contributed by atoms with Crippen LogP contribution in [0.3, 0.4) is 0 Å². The fraction of sp³-hybridized carbons (Fsp3) is 0.667. The zero-order valence-corrected chi connectivity index (χ0v) is 9.93. The summed E-state index contributed by atoms with van der Waals surface area (Å²) in [5, 5.41) is 9.98. The minimum absolute atomic E-state index is 0.197. The highest BCUT2D eigenvalue weighted by molar-refractivity contribution is 5.38. The van der Waals surface area contributed by atoms with Crippen LogP contribution in [-0.2, 0) is 0 Å². The van der Waals surface area contributed by atoms with E-state index in [2.05, 4.69) is 14.9 Å². The summed E-state index contributed by atoms with van der Waals surface area (Å²) < 4.78 is 0. The van der Waals surface area contributed by atoms with Crippen LogP contribution >= 0.6 is 0 Å². The Balaban J connectivity index is 2.14.